The maximum absolute atomic E-state index is 12.6. The van der Waals surface area contributed by atoms with Gasteiger partial charge in [-0.2, -0.15) is 4.31 Å². The van der Waals surface area contributed by atoms with Gasteiger partial charge in [0.2, 0.25) is 10.0 Å². The summed E-state index contributed by atoms with van der Waals surface area (Å²) < 4.78 is 26.6. The monoisotopic (exact) mass is 319 g/mol. The van der Waals surface area contributed by atoms with Crippen molar-refractivity contribution >= 4 is 10.0 Å². The van der Waals surface area contributed by atoms with Crippen LogP contribution in [0.25, 0.3) is 0 Å². The van der Waals surface area contributed by atoms with Gasteiger partial charge in [0.1, 0.15) is 0 Å². The fraction of sp³-hybridized carbons (Fsp3) is 0.444. The molecular weight excluding hydrogens is 294 g/mol. The second kappa shape index (κ2) is 7.75. The van der Waals surface area contributed by atoms with Gasteiger partial charge in [-0.05, 0) is 36.5 Å². The summed E-state index contributed by atoms with van der Waals surface area (Å²) in [5.41, 5.74) is 1.26. The molecule has 120 valence electrons. The molecule has 1 aromatic carbocycles. The summed E-state index contributed by atoms with van der Waals surface area (Å²) >= 11 is 0. The van der Waals surface area contributed by atoms with Crippen molar-refractivity contribution in [3.05, 3.63) is 55.1 Å². The van der Waals surface area contributed by atoms with E-state index in [1.807, 2.05) is 12.1 Å². The Morgan fingerprint density at radius 3 is 2.05 bits per heavy atom. The molecule has 0 unspecified atom stereocenters. The lowest BCUT2D eigenvalue weighted by molar-refractivity contribution is 0.443. The molecule has 0 amide bonds. The molecule has 3 nitrogen and oxygen atoms in total. The van der Waals surface area contributed by atoms with Crippen LogP contribution < -0.4 is 0 Å². The maximum Gasteiger partial charge on any atom is 0.243 e. The molecule has 1 aromatic rings. The summed E-state index contributed by atoms with van der Waals surface area (Å²) in [6.45, 7) is 7.83. The highest BCUT2D eigenvalue weighted by atomic mass is 32.2. The fourth-order valence-corrected chi connectivity index (χ4v) is 4.44. The van der Waals surface area contributed by atoms with E-state index >= 15 is 0 Å². The molecule has 4 heteroatoms. The number of benzene rings is 1. The molecule has 0 spiro atoms. The second-order valence-corrected chi connectivity index (χ2v) is 7.74. The normalized spacial score (nSPS) is 16.6. The minimum atomic E-state index is -3.48. The van der Waals surface area contributed by atoms with E-state index in [4.69, 9.17) is 0 Å². The van der Waals surface area contributed by atoms with E-state index in [1.54, 1.807) is 24.3 Å². The van der Waals surface area contributed by atoms with Crippen LogP contribution in [-0.4, -0.2) is 25.8 Å². The third kappa shape index (κ3) is 3.87. The van der Waals surface area contributed by atoms with E-state index in [0.717, 1.165) is 0 Å². The molecule has 22 heavy (non-hydrogen) atoms. The van der Waals surface area contributed by atoms with Gasteiger partial charge in [-0.25, -0.2) is 8.42 Å². The van der Waals surface area contributed by atoms with Crippen LogP contribution in [0.15, 0.2) is 54.5 Å². The molecule has 1 fully saturated rings. The summed E-state index contributed by atoms with van der Waals surface area (Å²) in [4.78, 5) is 0.343. The Bertz CT molecular complexity index is 588. The molecule has 0 aliphatic heterocycles. The highest BCUT2D eigenvalue weighted by Crippen LogP contribution is 2.33. The van der Waals surface area contributed by atoms with E-state index in [9.17, 15) is 8.42 Å². The minimum Gasteiger partial charge on any atom is -0.207 e. The predicted octanol–water partition coefficient (Wildman–Crippen LogP) is 4.10. The standard InChI is InChI=1S/C18H25NO2S/c1-3-14-19(15-4-2)22(20,21)18-12-10-17(11-13-18)16-8-6-5-7-9-16/h3-4,10-13,16H,1-2,5-9,14-15H2. The SMILES string of the molecule is C=CCN(CC=C)S(=O)(=O)c1ccc(C2CCCCC2)cc1. The Kier molecular flexibility index (Phi) is 5.98. The molecule has 0 radical (unpaired) electrons. The van der Waals surface area contributed by atoms with Crippen LogP contribution >= 0.6 is 0 Å². The molecule has 1 aliphatic rings. The van der Waals surface area contributed by atoms with E-state index < -0.39 is 10.0 Å². The van der Waals surface area contributed by atoms with Gasteiger partial charge in [0.15, 0.2) is 0 Å². The van der Waals surface area contributed by atoms with Crippen molar-refractivity contribution in [2.24, 2.45) is 0 Å². The lowest BCUT2D eigenvalue weighted by atomic mass is 9.84. The summed E-state index contributed by atoms with van der Waals surface area (Å²) in [7, 11) is -3.48. The van der Waals surface area contributed by atoms with Gasteiger partial charge in [0.25, 0.3) is 0 Å². The lowest BCUT2D eigenvalue weighted by Gasteiger charge is -2.23. The topological polar surface area (TPSA) is 37.4 Å². The van der Waals surface area contributed by atoms with Gasteiger partial charge in [-0.15, -0.1) is 13.2 Å². The summed E-state index contributed by atoms with van der Waals surface area (Å²) in [5.74, 6) is 0.586. The third-order valence-electron chi connectivity index (χ3n) is 4.26. The highest BCUT2D eigenvalue weighted by Gasteiger charge is 2.23. The third-order valence-corrected chi connectivity index (χ3v) is 6.11. The van der Waals surface area contributed by atoms with Gasteiger partial charge in [0.05, 0.1) is 4.90 Å². The Hall–Kier alpha value is -1.39. The quantitative estimate of drug-likeness (QED) is 0.710. The van der Waals surface area contributed by atoms with Crippen molar-refractivity contribution < 1.29 is 8.42 Å². The van der Waals surface area contributed by atoms with Crippen molar-refractivity contribution in [2.75, 3.05) is 13.1 Å². The van der Waals surface area contributed by atoms with Crippen LogP contribution in [0, 0.1) is 0 Å². The Morgan fingerprint density at radius 2 is 1.55 bits per heavy atom. The Labute approximate surface area is 134 Å². The van der Waals surface area contributed by atoms with Crippen molar-refractivity contribution in [2.45, 2.75) is 42.9 Å². The first-order valence-electron chi connectivity index (χ1n) is 7.91. The minimum absolute atomic E-state index is 0.290. The Morgan fingerprint density at radius 1 is 1.00 bits per heavy atom. The number of sulfonamides is 1. The van der Waals surface area contributed by atoms with Crippen molar-refractivity contribution in [1.29, 1.82) is 0 Å². The zero-order valence-electron chi connectivity index (χ0n) is 13.1. The molecule has 1 aliphatic carbocycles. The first kappa shape index (κ1) is 17.0. The number of rotatable bonds is 7. The van der Waals surface area contributed by atoms with E-state index in [2.05, 4.69) is 13.2 Å². The lowest BCUT2D eigenvalue weighted by Crippen LogP contribution is -2.31. The molecule has 2 rings (SSSR count). The van der Waals surface area contributed by atoms with Gasteiger partial charge in [-0.3, -0.25) is 0 Å². The van der Waals surface area contributed by atoms with Crippen molar-refractivity contribution in [3.63, 3.8) is 0 Å². The summed E-state index contributed by atoms with van der Waals surface area (Å²) in [5, 5.41) is 0. The fourth-order valence-electron chi connectivity index (χ4n) is 3.06. The van der Waals surface area contributed by atoms with Crippen LogP contribution in [0.1, 0.15) is 43.6 Å². The highest BCUT2D eigenvalue weighted by molar-refractivity contribution is 7.89. The van der Waals surface area contributed by atoms with Crippen molar-refractivity contribution in [1.82, 2.24) is 4.31 Å². The molecule has 0 aromatic heterocycles. The van der Waals surface area contributed by atoms with Gasteiger partial charge >= 0.3 is 0 Å². The Balaban J connectivity index is 2.20. The maximum atomic E-state index is 12.6. The molecule has 0 atom stereocenters. The van der Waals surface area contributed by atoms with Crippen LogP contribution in [-0.2, 0) is 10.0 Å². The average Bonchev–Trinajstić information content (AvgIpc) is 2.55. The van der Waals surface area contributed by atoms with Crippen LogP contribution in [0.5, 0.6) is 0 Å². The zero-order valence-corrected chi connectivity index (χ0v) is 13.9. The molecule has 0 bridgehead atoms. The number of hydrogen-bond donors (Lipinski definition) is 0. The first-order chi connectivity index (χ1) is 10.6. The van der Waals surface area contributed by atoms with E-state index in [0.29, 0.717) is 23.9 Å². The number of hydrogen-bond acceptors (Lipinski definition) is 2. The first-order valence-corrected chi connectivity index (χ1v) is 9.35. The average molecular weight is 319 g/mol. The molecule has 0 heterocycles. The predicted molar refractivity (Wildman–Crippen MR) is 91.4 cm³/mol. The molecule has 0 N–H and O–H groups in total. The second-order valence-electron chi connectivity index (χ2n) is 5.80. The van der Waals surface area contributed by atoms with Crippen LogP contribution in [0.2, 0.25) is 0 Å². The van der Waals surface area contributed by atoms with Crippen LogP contribution in [0.3, 0.4) is 0 Å². The van der Waals surface area contributed by atoms with Gasteiger partial charge < -0.3 is 0 Å². The molecule has 0 saturated heterocycles. The van der Waals surface area contributed by atoms with E-state index in [1.165, 1.54) is 42.0 Å². The summed E-state index contributed by atoms with van der Waals surface area (Å²) in [6.07, 6.45) is 9.49. The van der Waals surface area contributed by atoms with E-state index in [-0.39, 0.29) is 0 Å². The zero-order chi connectivity index (χ0) is 16.0. The largest absolute Gasteiger partial charge is 0.243 e. The summed E-state index contributed by atoms with van der Waals surface area (Å²) in [6, 6.07) is 7.42. The number of nitrogens with zero attached hydrogens (tertiary/aromatic N) is 1. The molecular formula is C18H25NO2S. The van der Waals surface area contributed by atoms with Gasteiger partial charge in [-0.1, -0.05) is 43.5 Å². The smallest absolute Gasteiger partial charge is 0.207 e. The van der Waals surface area contributed by atoms with Gasteiger partial charge in [0, 0.05) is 13.1 Å². The van der Waals surface area contributed by atoms with Crippen molar-refractivity contribution in [3.8, 4) is 0 Å². The molecule has 1 saturated carbocycles. The van der Waals surface area contributed by atoms with Crippen LogP contribution in [0.4, 0.5) is 0 Å².